The van der Waals surface area contributed by atoms with Crippen LogP contribution in [0.5, 0.6) is 0 Å². The Kier molecular flexibility index (Phi) is 5.37. The number of carbonyl (C=O) groups excluding carboxylic acids is 1. The largest absolute Gasteiger partial charge is 0.375 e. The first-order valence-corrected chi connectivity index (χ1v) is 6.45. The van der Waals surface area contributed by atoms with E-state index in [0.717, 1.165) is 25.2 Å². The predicted molar refractivity (Wildman–Crippen MR) is 71.0 cm³/mol. The van der Waals surface area contributed by atoms with Gasteiger partial charge in [-0.1, -0.05) is 0 Å². The summed E-state index contributed by atoms with van der Waals surface area (Å²) in [5.41, 5.74) is 6.28. The molecule has 0 unspecified atom stereocenters. The second-order valence-electron chi connectivity index (χ2n) is 4.33. The van der Waals surface area contributed by atoms with Crippen LogP contribution in [-0.4, -0.2) is 54.9 Å². The number of nitrogens with zero attached hydrogens (tertiary/aromatic N) is 3. The quantitative estimate of drug-likeness (QED) is 0.813. The second kappa shape index (κ2) is 6.56. The summed E-state index contributed by atoms with van der Waals surface area (Å²) in [6.07, 6.45) is 1.32. The van der Waals surface area contributed by atoms with Crippen molar-refractivity contribution in [1.29, 1.82) is 0 Å². The highest BCUT2D eigenvalue weighted by molar-refractivity contribution is 7.13. The van der Waals surface area contributed by atoms with Crippen molar-refractivity contribution in [3.63, 3.8) is 0 Å². The van der Waals surface area contributed by atoms with Crippen molar-refractivity contribution < 1.29 is 4.79 Å². The van der Waals surface area contributed by atoms with Crippen LogP contribution in [0.3, 0.4) is 0 Å². The van der Waals surface area contributed by atoms with Crippen LogP contribution in [0.4, 0.5) is 5.13 Å². The molecule has 6 heteroatoms. The van der Waals surface area contributed by atoms with Gasteiger partial charge in [-0.3, -0.25) is 4.79 Å². The number of anilines is 1. The Morgan fingerprint density at radius 2 is 2.12 bits per heavy atom. The number of nitrogens with two attached hydrogens (primary N) is 1. The van der Waals surface area contributed by atoms with Gasteiger partial charge in [-0.2, -0.15) is 0 Å². The summed E-state index contributed by atoms with van der Waals surface area (Å²) in [6.45, 7) is 1.76. The van der Waals surface area contributed by atoms with Gasteiger partial charge in [0.25, 0.3) is 0 Å². The Balaban J connectivity index is 2.32. The van der Waals surface area contributed by atoms with Gasteiger partial charge < -0.3 is 15.5 Å². The molecule has 96 valence electrons. The molecule has 1 rings (SSSR count). The van der Waals surface area contributed by atoms with E-state index in [1.165, 1.54) is 11.3 Å². The lowest BCUT2D eigenvalue weighted by molar-refractivity contribution is -0.129. The molecule has 0 spiro atoms. The summed E-state index contributed by atoms with van der Waals surface area (Å²) in [5, 5.41) is 2.35. The Morgan fingerprint density at radius 3 is 2.65 bits per heavy atom. The SMILES string of the molecule is CN(C)CCCN(C)C(=O)Cc1csc(N)n1. The lowest BCUT2D eigenvalue weighted by atomic mass is 10.3. The number of aromatic nitrogens is 1. The molecule has 0 fully saturated rings. The molecular weight excluding hydrogens is 236 g/mol. The van der Waals surface area contributed by atoms with Crippen LogP contribution < -0.4 is 5.73 Å². The first kappa shape index (κ1) is 13.9. The highest BCUT2D eigenvalue weighted by Gasteiger charge is 2.11. The zero-order valence-corrected chi connectivity index (χ0v) is 11.5. The lowest BCUT2D eigenvalue weighted by Gasteiger charge is -2.18. The van der Waals surface area contributed by atoms with Gasteiger partial charge >= 0.3 is 0 Å². The molecule has 2 N–H and O–H groups in total. The maximum atomic E-state index is 11.8. The Hall–Kier alpha value is -1.14. The maximum Gasteiger partial charge on any atom is 0.228 e. The van der Waals surface area contributed by atoms with Crippen molar-refractivity contribution in [2.75, 3.05) is 40.0 Å². The van der Waals surface area contributed by atoms with Crippen LogP contribution in [0, 0.1) is 0 Å². The highest BCUT2D eigenvalue weighted by atomic mass is 32.1. The van der Waals surface area contributed by atoms with E-state index in [9.17, 15) is 4.79 Å². The Labute approximate surface area is 106 Å². The third-order valence-electron chi connectivity index (χ3n) is 2.43. The molecule has 0 aliphatic carbocycles. The summed E-state index contributed by atoms with van der Waals surface area (Å²) in [6, 6.07) is 0. The van der Waals surface area contributed by atoms with Crippen LogP contribution >= 0.6 is 11.3 Å². The maximum absolute atomic E-state index is 11.8. The van der Waals surface area contributed by atoms with Crippen molar-refractivity contribution in [2.45, 2.75) is 12.8 Å². The number of rotatable bonds is 6. The van der Waals surface area contributed by atoms with Crippen LogP contribution in [0.25, 0.3) is 0 Å². The number of hydrogen-bond acceptors (Lipinski definition) is 5. The molecule has 0 aromatic carbocycles. The molecule has 1 aromatic heterocycles. The first-order chi connectivity index (χ1) is 7.99. The number of amides is 1. The summed E-state index contributed by atoms with van der Waals surface area (Å²) in [7, 11) is 5.88. The summed E-state index contributed by atoms with van der Waals surface area (Å²) in [5.74, 6) is 0.0917. The van der Waals surface area contributed by atoms with Crippen LogP contribution in [0.1, 0.15) is 12.1 Å². The molecule has 0 radical (unpaired) electrons. The van der Waals surface area contributed by atoms with Gasteiger partial charge in [0.1, 0.15) is 0 Å². The van der Waals surface area contributed by atoms with Crippen molar-refractivity contribution in [3.05, 3.63) is 11.1 Å². The fraction of sp³-hybridized carbons (Fsp3) is 0.636. The van der Waals surface area contributed by atoms with E-state index in [4.69, 9.17) is 5.73 Å². The zero-order chi connectivity index (χ0) is 12.8. The van der Waals surface area contributed by atoms with E-state index in [1.54, 1.807) is 4.90 Å². The molecule has 0 bridgehead atoms. The van der Waals surface area contributed by atoms with Crippen LogP contribution in [0.2, 0.25) is 0 Å². The molecule has 17 heavy (non-hydrogen) atoms. The average molecular weight is 256 g/mol. The molecule has 1 heterocycles. The fourth-order valence-electron chi connectivity index (χ4n) is 1.44. The van der Waals surface area contributed by atoms with E-state index in [2.05, 4.69) is 9.88 Å². The summed E-state index contributed by atoms with van der Waals surface area (Å²) in [4.78, 5) is 19.8. The topological polar surface area (TPSA) is 62.5 Å². The number of thiazole rings is 1. The van der Waals surface area contributed by atoms with Crippen LogP contribution in [0.15, 0.2) is 5.38 Å². The summed E-state index contributed by atoms with van der Waals surface area (Å²) >= 11 is 1.37. The molecule has 0 aliphatic heterocycles. The van der Waals surface area contributed by atoms with Gasteiger partial charge in [0.15, 0.2) is 5.13 Å². The van der Waals surface area contributed by atoms with Crippen LogP contribution in [-0.2, 0) is 11.2 Å². The van der Waals surface area contributed by atoms with E-state index in [1.807, 2.05) is 26.5 Å². The number of likely N-dealkylation sites (N-methyl/N-ethyl adjacent to an activating group) is 1. The van der Waals surface area contributed by atoms with Crippen molar-refractivity contribution in [1.82, 2.24) is 14.8 Å². The minimum Gasteiger partial charge on any atom is -0.375 e. The van der Waals surface area contributed by atoms with E-state index in [0.29, 0.717) is 11.6 Å². The average Bonchev–Trinajstić information content (AvgIpc) is 2.63. The van der Waals surface area contributed by atoms with Gasteiger partial charge in [-0.05, 0) is 27.1 Å². The van der Waals surface area contributed by atoms with Gasteiger partial charge in [0, 0.05) is 19.0 Å². The molecule has 1 amide bonds. The zero-order valence-electron chi connectivity index (χ0n) is 10.6. The smallest absolute Gasteiger partial charge is 0.228 e. The molecule has 5 nitrogen and oxygen atoms in total. The third kappa shape index (κ3) is 5.14. The van der Waals surface area contributed by atoms with Gasteiger partial charge in [0.2, 0.25) is 5.91 Å². The molecule has 0 aliphatic rings. The highest BCUT2D eigenvalue weighted by Crippen LogP contribution is 2.12. The lowest BCUT2D eigenvalue weighted by Crippen LogP contribution is -2.31. The monoisotopic (exact) mass is 256 g/mol. The Morgan fingerprint density at radius 1 is 1.41 bits per heavy atom. The molecule has 1 aromatic rings. The van der Waals surface area contributed by atoms with E-state index < -0.39 is 0 Å². The fourth-order valence-corrected chi connectivity index (χ4v) is 2.01. The minimum atomic E-state index is 0.0917. The molecule has 0 atom stereocenters. The van der Waals surface area contributed by atoms with Crippen molar-refractivity contribution in [2.24, 2.45) is 0 Å². The normalized spacial score (nSPS) is 10.8. The van der Waals surface area contributed by atoms with Crippen molar-refractivity contribution >= 4 is 22.4 Å². The van der Waals surface area contributed by atoms with Gasteiger partial charge in [0.05, 0.1) is 12.1 Å². The minimum absolute atomic E-state index is 0.0917. The number of carbonyl (C=O) groups is 1. The summed E-state index contributed by atoms with van der Waals surface area (Å²) < 4.78 is 0. The first-order valence-electron chi connectivity index (χ1n) is 5.57. The van der Waals surface area contributed by atoms with E-state index >= 15 is 0 Å². The van der Waals surface area contributed by atoms with E-state index in [-0.39, 0.29) is 5.91 Å². The number of hydrogen-bond donors (Lipinski definition) is 1. The van der Waals surface area contributed by atoms with Gasteiger partial charge in [-0.15, -0.1) is 11.3 Å². The predicted octanol–water partition coefficient (Wildman–Crippen LogP) is 0.678. The second-order valence-corrected chi connectivity index (χ2v) is 5.22. The van der Waals surface area contributed by atoms with Crippen molar-refractivity contribution in [3.8, 4) is 0 Å². The van der Waals surface area contributed by atoms with Gasteiger partial charge in [-0.25, -0.2) is 4.98 Å². The molecule has 0 saturated carbocycles. The standard InChI is InChI=1S/C11H20N4OS/c1-14(2)5-4-6-15(3)10(16)7-9-8-17-11(12)13-9/h8H,4-7H2,1-3H3,(H2,12,13). The Bertz CT molecular complexity index is 364. The number of nitrogen functional groups attached to an aromatic ring is 1. The molecular formula is C11H20N4OS. The molecule has 0 saturated heterocycles. The third-order valence-corrected chi connectivity index (χ3v) is 3.15.